The Morgan fingerprint density at radius 1 is 0.714 bits per heavy atom. The van der Waals surface area contributed by atoms with Crippen LogP contribution in [0.5, 0.6) is 0 Å². The quantitative estimate of drug-likeness (QED) is 0.334. The molecule has 4 nitrogen and oxygen atoms in total. The highest BCUT2D eigenvalue weighted by Crippen LogP contribution is 2.14. The maximum absolute atomic E-state index is 10.5. The molecule has 124 valence electrons. The van der Waals surface area contributed by atoms with Gasteiger partial charge in [0.25, 0.3) is 0 Å². The SMILES string of the molecule is O=C(O)CCCCCCCCCCCCCC(Cl)C(=O)O. The molecule has 0 fully saturated rings. The van der Waals surface area contributed by atoms with Crippen molar-refractivity contribution < 1.29 is 19.8 Å². The summed E-state index contributed by atoms with van der Waals surface area (Å²) in [5.41, 5.74) is 0. The molecule has 0 heterocycles. The van der Waals surface area contributed by atoms with Crippen molar-refractivity contribution in [3.05, 3.63) is 0 Å². The zero-order chi connectivity index (χ0) is 15.9. The molecule has 21 heavy (non-hydrogen) atoms. The lowest BCUT2D eigenvalue weighted by Gasteiger charge is -2.04. The van der Waals surface area contributed by atoms with E-state index in [9.17, 15) is 9.59 Å². The number of alkyl halides is 1. The fourth-order valence-corrected chi connectivity index (χ4v) is 2.47. The summed E-state index contributed by atoms with van der Waals surface area (Å²) in [6.45, 7) is 0. The van der Waals surface area contributed by atoms with Gasteiger partial charge in [-0.15, -0.1) is 11.6 Å². The van der Waals surface area contributed by atoms with Crippen LogP contribution in [-0.2, 0) is 9.59 Å². The third-order valence-corrected chi connectivity index (χ3v) is 4.02. The average molecular weight is 321 g/mol. The van der Waals surface area contributed by atoms with Crippen LogP contribution in [0.25, 0.3) is 0 Å². The van der Waals surface area contributed by atoms with E-state index in [1.807, 2.05) is 0 Å². The van der Waals surface area contributed by atoms with Crippen LogP contribution >= 0.6 is 11.6 Å². The molecular formula is C16H29ClO4. The van der Waals surface area contributed by atoms with Gasteiger partial charge in [0, 0.05) is 6.42 Å². The zero-order valence-corrected chi connectivity index (χ0v) is 13.6. The van der Waals surface area contributed by atoms with E-state index < -0.39 is 17.3 Å². The summed E-state index contributed by atoms with van der Waals surface area (Å²) in [6.07, 6.45) is 13.0. The molecule has 1 atom stereocenters. The van der Waals surface area contributed by atoms with Gasteiger partial charge in [-0.25, -0.2) is 0 Å². The highest BCUT2D eigenvalue weighted by molar-refractivity contribution is 6.29. The van der Waals surface area contributed by atoms with Crippen LogP contribution in [0.2, 0.25) is 0 Å². The molecule has 0 aliphatic heterocycles. The minimum absolute atomic E-state index is 0.297. The molecule has 0 aromatic carbocycles. The molecular weight excluding hydrogens is 292 g/mol. The topological polar surface area (TPSA) is 74.6 Å². The smallest absolute Gasteiger partial charge is 0.321 e. The number of hydrogen-bond donors (Lipinski definition) is 2. The van der Waals surface area contributed by atoms with Crippen LogP contribution in [0.3, 0.4) is 0 Å². The summed E-state index contributed by atoms with van der Waals surface area (Å²) < 4.78 is 0. The van der Waals surface area contributed by atoms with Gasteiger partial charge in [-0.1, -0.05) is 64.2 Å². The second-order valence-corrected chi connectivity index (χ2v) is 6.15. The molecule has 0 amide bonds. The standard InChI is InChI=1S/C16H29ClO4/c17-14(16(20)21)12-10-8-6-4-2-1-3-5-7-9-11-13-15(18)19/h14H,1-13H2,(H,18,19)(H,20,21). The first-order valence-electron chi connectivity index (χ1n) is 8.12. The Morgan fingerprint density at radius 2 is 1.10 bits per heavy atom. The summed E-state index contributed by atoms with van der Waals surface area (Å²) >= 11 is 5.63. The summed E-state index contributed by atoms with van der Waals surface area (Å²) in [5, 5.41) is 16.4. The van der Waals surface area contributed by atoms with E-state index in [1.54, 1.807) is 0 Å². The molecule has 0 aliphatic rings. The number of rotatable bonds is 15. The Balaban J connectivity index is 3.09. The second kappa shape index (κ2) is 14.2. The second-order valence-electron chi connectivity index (χ2n) is 5.63. The number of carboxylic acid groups (broad SMARTS) is 2. The fraction of sp³-hybridized carbons (Fsp3) is 0.875. The number of carboxylic acids is 2. The normalized spacial score (nSPS) is 12.2. The Morgan fingerprint density at radius 3 is 1.48 bits per heavy atom. The van der Waals surface area contributed by atoms with Crippen molar-refractivity contribution in [3.63, 3.8) is 0 Å². The minimum atomic E-state index is -0.917. The summed E-state index contributed by atoms with van der Waals surface area (Å²) in [6, 6.07) is 0. The summed E-state index contributed by atoms with van der Waals surface area (Å²) in [7, 11) is 0. The predicted molar refractivity (Wildman–Crippen MR) is 84.9 cm³/mol. The molecule has 0 rings (SSSR count). The molecule has 0 radical (unpaired) electrons. The van der Waals surface area contributed by atoms with Crippen LogP contribution in [0.15, 0.2) is 0 Å². The van der Waals surface area contributed by atoms with E-state index in [-0.39, 0.29) is 0 Å². The molecule has 5 heteroatoms. The van der Waals surface area contributed by atoms with Gasteiger partial charge in [0.15, 0.2) is 0 Å². The van der Waals surface area contributed by atoms with Crippen molar-refractivity contribution in [2.24, 2.45) is 0 Å². The van der Waals surface area contributed by atoms with Gasteiger partial charge in [0.2, 0.25) is 0 Å². The minimum Gasteiger partial charge on any atom is -0.481 e. The maximum Gasteiger partial charge on any atom is 0.321 e. The van der Waals surface area contributed by atoms with E-state index in [4.69, 9.17) is 21.8 Å². The van der Waals surface area contributed by atoms with E-state index in [0.29, 0.717) is 12.8 Å². The van der Waals surface area contributed by atoms with Gasteiger partial charge in [0.1, 0.15) is 5.38 Å². The molecule has 0 saturated heterocycles. The molecule has 2 N–H and O–H groups in total. The average Bonchev–Trinajstić information content (AvgIpc) is 2.43. The van der Waals surface area contributed by atoms with Crippen molar-refractivity contribution in [2.75, 3.05) is 0 Å². The Hall–Kier alpha value is -0.770. The first-order valence-corrected chi connectivity index (χ1v) is 8.56. The highest BCUT2D eigenvalue weighted by atomic mass is 35.5. The number of carbonyl (C=O) groups is 2. The number of halogens is 1. The van der Waals surface area contributed by atoms with Crippen molar-refractivity contribution >= 4 is 23.5 Å². The van der Waals surface area contributed by atoms with E-state index in [1.165, 1.54) is 32.1 Å². The number of hydrogen-bond acceptors (Lipinski definition) is 2. The van der Waals surface area contributed by atoms with Crippen molar-refractivity contribution in [1.82, 2.24) is 0 Å². The van der Waals surface area contributed by atoms with Crippen LogP contribution in [-0.4, -0.2) is 27.5 Å². The van der Waals surface area contributed by atoms with Gasteiger partial charge in [-0.3, -0.25) is 9.59 Å². The zero-order valence-electron chi connectivity index (χ0n) is 12.9. The third-order valence-electron chi connectivity index (χ3n) is 3.62. The van der Waals surface area contributed by atoms with Crippen LogP contribution in [0.4, 0.5) is 0 Å². The molecule has 0 saturated carbocycles. The third kappa shape index (κ3) is 15.4. The first-order chi connectivity index (χ1) is 10.0. The van der Waals surface area contributed by atoms with Crippen molar-refractivity contribution in [1.29, 1.82) is 0 Å². The highest BCUT2D eigenvalue weighted by Gasteiger charge is 2.11. The number of unbranched alkanes of at least 4 members (excludes halogenated alkanes) is 10. The Bertz CT molecular complexity index is 281. The van der Waals surface area contributed by atoms with Gasteiger partial charge in [0.05, 0.1) is 0 Å². The van der Waals surface area contributed by atoms with E-state index >= 15 is 0 Å². The van der Waals surface area contributed by atoms with Crippen molar-refractivity contribution in [3.8, 4) is 0 Å². The first kappa shape index (κ1) is 20.2. The van der Waals surface area contributed by atoms with Gasteiger partial charge in [-0.05, 0) is 12.8 Å². The van der Waals surface area contributed by atoms with Crippen LogP contribution in [0.1, 0.15) is 83.5 Å². The molecule has 0 aliphatic carbocycles. The molecule has 0 aromatic heterocycles. The van der Waals surface area contributed by atoms with Crippen molar-refractivity contribution in [2.45, 2.75) is 88.8 Å². The van der Waals surface area contributed by atoms with E-state index in [2.05, 4.69) is 0 Å². The monoisotopic (exact) mass is 320 g/mol. The molecule has 0 spiro atoms. The number of aliphatic carboxylic acids is 2. The van der Waals surface area contributed by atoms with Crippen LogP contribution in [0, 0.1) is 0 Å². The summed E-state index contributed by atoms with van der Waals surface area (Å²) in [5.74, 6) is -1.61. The Labute approximate surface area is 132 Å². The van der Waals surface area contributed by atoms with Gasteiger partial charge in [-0.2, -0.15) is 0 Å². The lowest BCUT2D eigenvalue weighted by Crippen LogP contribution is -2.12. The molecule has 1 unspecified atom stereocenters. The molecule has 0 aromatic rings. The summed E-state index contributed by atoms with van der Waals surface area (Å²) in [4.78, 5) is 20.8. The van der Waals surface area contributed by atoms with E-state index in [0.717, 1.165) is 38.5 Å². The van der Waals surface area contributed by atoms with Crippen LogP contribution < -0.4 is 0 Å². The fourth-order valence-electron chi connectivity index (χ4n) is 2.31. The lowest BCUT2D eigenvalue weighted by atomic mass is 10.0. The lowest BCUT2D eigenvalue weighted by molar-refractivity contribution is -0.138. The predicted octanol–water partition coefficient (Wildman–Crippen LogP) is 4.83. The largest absolute Gasteiger partial charge is 0.481 e. The van der Waals surface area contributed by atoms with Gasteiger partial charge < -0.3 is 10.2 Å². The molecule has 0 bridgehead atoms. The Kier molecular flexibility index (Phi) is 13.7. The maximum atomic E-state index is 10.5. The van der Waals surface area contributed by atoms with Gasteiger partial charge >= 0.3 is 11.9 Å².